The number of nitrogens with zero attached hydrogens (tertiary/aromatic N) is 1. The summed E-state index contributed by atoms with van der Waals surface area (Å²) in [4.78, 5) is 10.8. The SMILES string of the molecule is CCCC(C)Cn1cc(C(=O)O)c(C(F)(F)F)c1. The summed E-state index contributed by atoms with van der Waals surface area (Å²) >= 11 is 0. The van der Waals surface area contributed by atoms with Crippen LogP contribution in [-0.2, 0) is 12.7 Å². The highest BCUT2D eigenvalue weighted by atomic mass is 19.4. The molecule has 1 rings (SSSR count). The molecule has 3 nitrogen and oxygen atoms in total. The Morgan fingerprint density at radius 2 is 2.06 bits per heavy atom. The molecule has 1 unspecified atom stereocenters. The Bertz CT molecular complexity index is 423. The second kappa shape index (κ2) is 5.46. The van der Waals surface area contributed by atoms with Crippen LogP contribution >= 0.6 is 0 Å². The smallest absolute Gasteiger partial charge is 0.418 e. The first-order chi connectivity index (χ1) is 8.25. The fourth-order valence-electron chi connectivity index (χ4n) is 1.95. The molecule has 0 aromatic carbocycles. The fraction of sp³-hybridized carbons (Fsp3) is 0.583. The number of alkyl halides is 3. The maximum Gasteiger partial charge on any atom is 0.418 e. The molecule has 0 aliphatic rings. The van der Waals surface area contributed by atoms with Crippen molar-refractivity contribution in [1.82, 2.24) is 4.57 Å². The molecule has 0 fully saturated rings. The number of carboxylic acids is 1. The lowest BCUT2D eigenvalue weighted by Crippen LogP contribution is -2.09. The number of hydrogen-bond acceptors (Lipinski definition) is 1. The molecule has 1 aromatic rings. The molecule has 1 heterocycles. The highest BCUT2D eigenvalue weighted by Gasteiger charge is 2.37. The molecule has 0 bridgehead atoms. The predicted molar refractivity (Wildman–Crippen MR) is 60.5 cm³/mol. The lowest BCUT2D eigenvalue weighted by Gasteiger charge is -2.10. The van der Waals surface area contributed by atoms with Gasteiger partial charge in [0.25, 0.3) is 0 Å². The van der Waals surface area contributed by atoms with Gasteiger partial charge in [0.1, 0.15) is 0 Å². The Kier molecular flexibility index (Phi) is 4.43. The molecule has 1 atom stereocenters. The van der Waals surface area contributed by atoms with Gasteiger partial charge in [0.05, 0.1) is 11.1 Å². The third kappa shape index (κ3) is 3.51. The molecule has 6 heteroatoms. The van der Waals surface area contributed by atoms with E-state index in [1.54, 1.807) is 0 Å². The first-order valence-corrected chi connectivity index (χ1v) is 5.76. The van der Waals surface area contributed by atoms with Crippen molar-refractivity contribution < 1.29 is 23.1 Å². The lowest BCUT2D eigenvalue weighted by atomic mass is 10.1. The van der Waals surface area contributed by atoms with E-state index >= 15 is 0 Å². The predicted octanol–water partition coefficient (Wildman–Crippen LogP) is 3.64. The first kappa shape index (κ1) is 14.6. The standard InChI is InChI=1S/C12H16F3NO2/c1-3-4-8(2)5-16-6-9(11(17)18)10(7-16)12(13,14)15/h6-8H,3-5H2,1-2H3,(H,17,18). The van der Waals surface area contributed by atoms with Crippen LogP contribution in [0.1, 0.15) is 42.6 Å². The summed E-state index contributed by atoms with van der Waals surface area (Å²) in [6, 6.07) is 0. The molecule has 0 radical (unpaired) electrons. The Morgan fingerprint density at radius 3 is 2.44 bits per heavy atom. The van der Waals surface area contributed by atoms with Gasteiger partial charge in [0.2, 0.25) is 0 Å². The van der Waals surface area contributed by atoms with Gasteiger partial charge >= 0.3 is 12.1 Å². The summed E-state index contributed by atoms with van der Waals surface area (Å²) in [6.45, 7) is 4.32. The van der Waals surface area contributed by atoms with Crippen LogP contribution in [0, 0.1) is 5.92 Å². The van der Waals surface area contributed by atoms with Crippen molar-refractivity contribution in [3.63, 3.8) is 0 Å². The van der Waals surface area contributed by atoms with Crippen LogP contribution in [0.5, 0.6) is 0 Å². The molecule has 0 aliphatic carbocycles. The summed E-state index contributed by atoms with van der Waals surface area (Å²) in [5.41, 5.74) is -1.77. The molecular formula is C12H16F3NO2. The summed E-state index contributed by atoms with van der Waals surface area (Å²) in [7, 11) is 0. The number of carbonyl (C=O) groups is 1. The van der Waals surface area contributed by atoms with E-state index in [-0.39, 0.29) is 5.92 Å². The van der Waals surface area contributed by atoms with E-state index in [0.717, 1.165) is 25.2 Å². The third-order valence-electron chi connectivity index (χ3n) is 2.72. The molecule has 0 spiro atoms. The second-order valence-corrected chi connectivity index (χ2v) is 4.48. The summed E-state index contributed by atoms with van der Waals surface area (Å²) in [6.07, 6.45) is -0.873. The molecule has 0 saturated carbocycles. The van der Waals surface area contributed by atoms with Crippen LogP contribution in [0.4, 0.5) is 13.2 Å². The second-order valence-electron chi connectivity index (χ2n) is 4.48. The largest absolute Gasteiger partial charge is 0.478 e. The zero-order valence-corrected chi connectivity index (χ0v) is 10.3. The Balaban J connectivity index is 3.00. The molecule has 1 N–H and O–H groups in total. The quantitative estimate of drug-likeness (QED) is 0.881. The van der Waals surface area contributed by atoms with E-state index in [1.165, 1.54) is 4.57 Å². The van der Waals surface area contributed by atoms with Crippen LogP contribution in [0.3, 0.4) is 0 Å². The van der Waals surface area contributed by atoms with Crippen LogP contribution in [0.15, 0.2) is 12.4 Å². The van der Waals surface area contributed by atoms with Gasteiger partial charge in [-0.1, -0.05) is 20.3 Å². The normalized spacial score (nSPS) is 13.6. The van der Waals surface area contributed by atoms with E-state index in [4.69, 9.17) is 5.11 Å². The zero-order chi connectivity index (χ0) is 13.9. The number of rotatable bonds is 5. The Labute approximate surface area is 103 Å². The average molecular weight is 263 g/mol. The number of hydrogen-bond donors (Lipinski definition) is 1. The van der Waals surface area contributed by atoms with Crippen LogP contribution in [-0.4, -0.2) is 15.6 Å². The Hall–Kier alpha value is -1.46. The monoisotopic (exact) mass is 263 g/mol. The number of aromatic nitrogens is 1. The van der Waals surface area contributed by atoms with E-state index in [1.807, 2.05) is 13.8 Å². The van der Waals surface area contributed by atoms with Crippen molar-refractivity contribution in [3.05, 3.63) is 23.5 Å². The number of aromatic carboxylic acids is 1. The summed E-state index contributed by atoms with van der Waals surface area (Å²) in [5, 5.41) is 8.77. The topological polar surface area (TPSA) is 42.2 Å². The van der Waals surface area contributed by atoms with Crippen LogP contribution < -0.4 is 0 Å². The van der Waals surface area contributed by atoms with Crippen molar-refractivity contribution in [2.75, 3.05) is 0 Å². The number of halogens is 3. The van der Waals surface area contributed by atoms with Gasteiger partial charge in [-0.25, -0.2) is 4.79 Å². The minimum Gasteiger partial charge on any atom is -0.478 e. The minimum absolute atomic E-state index is 0.213. The third-order valence-corrected chi connectivity index (χ3v) is 2.72. The van der Waals surface area contributed by atoms with E-state index in [0.29, 0.717) is 6.54 Å². The Morgan fingerprint density at radius 1 is 1.44 bits per heavy atom. The van der Waals surface area contributed by atoms with Gasteiger partial charge in [-0.05, 0) is 12.3 Å². The molecular weight excluding hydrogens is 247 g/mol. The van der Waals surface area contributed by atoms with Crippen LogP contribution in [0.25, 0.3) is 0 Å². The minimum atomic E-state index is -4.63. The van der Waals surface area contributed by atoms with Crippen molar-refractivity contribution in [2.24, 2.45) is 5.92 Å². The first-order valence-electron chi connectivity index (χ1n) is 5.76. The summed E-state index contributed by atoms with van der Waals surface area (Å²) in [5.74, 6) is -1.34. The van der Waals surface area contributed by atoms with Gasteiger partial charge in [0.15, 0.2) is 0 Å². The highest BCUT2D eigenvalue weighted by Crippen LogP contribution is 2.33. The van der Waals surface area contributed by atoms with Crippen molar-refractivity contribution in [1.29, 1.82) is 0 Å². The highest BCUT2D eigenvalue weighted by molar-refractivity contribution is 5.89. The van der Waals surface area contributed by atoms with Gasteiger partial charge in [0, 0.05) is 18.9 Å². The molecule has 102 valence electrons. The fourth-order valence-corrected chi connectivity index (χ4v) is 1.95. The molecule has 0 aliphatic heterocycles. The van der Waals surface area contributed by atoms with Gasteiger partial charge in [-0.2, -0.15) is 13.2 Å². The van der Waals surface area contributed by atoms with E-state index in [9.17, 15) is 18.0 Å². The van der Waals surface area contributed by atoms with Crippen molar-refractivity contribution >= 4 is 5.97 Å². The zero-order valence-electron chi connectivity index (χ0n) is 10.3. The van der Waals surface area contributed by atoms with Crippen molar-refractivity contribution in [2.45, 2.75) is 39.4 Å². The van der Waals surface area contributed by atoms with Crippen LogP contribution in [0.2, 0.25) is 0 Å². The number of carboxylic acid groups (broad SMARTS) is 1. The lowest BCUT2D eigenvalue weighted by molar-refractivity contribution is -0.138. The maximum atomic E-state index is 12.6. The molecule has 18 heavy (non-hydrogen) atoms. The van der Waals surface area contributed by atoms with Gasteiger partial charge in [-0.15, -0.1) is 0 Å². The maximum absolute atomic E-state index is 12.6. The van der Waals surface area contributed by atoms with E-state index in [2.05, 4.69) is 0 Å². The van der Waals surface area contributed by atoms with Gasteiger partial charge < -0.3 is 9.67 Å². The van der Waals surface area contributed by atoms with Crippen molar-refractivity contribution in [3.8, 4) is 0 Å². The molecule has 0 amide bonds. The summed E-state index contributed by atoms with van der Waals surface area (Å²) < 4.78 is 39.2. The average Bonchev–Trinajstić information content (AvgIpc) is 2.61. The molecule has 1 aromatic heterocycles. The molecule has 0 saturated heterocycles. The van der Waals surface area contributed by atoms with Gasteiger partial charge in [-0.3, -0.25) is 0 Å². The van der Waals surface area contributed by atoms with E-state index < -0.39 is 23.3 Å².